The Morgan fingerprint density at radius 2 is 2.35 bits per heavy atom. The van der Waals surface area contributed by atoms with Crippen molar-refractivity contribution < 1.29 is 9.59 Å². The highest BCUT2D eigenvalue weighted by atomic mass is 32.2. The predicted molar refractivity (Wildman–Crippen MR) is 71.4 cm³/mol. The number of amides is 2. The highest BCUT2D eigenvalue weighted by molar-refractivity contribution is 8.01. The van der Waals surface area contributed by atoms with Crippen LogP contribution in [0.4, 0.5) is 0 Å². The maximum absolute atomic E-state index is 12.3. The molecule has 8 nitrogen and oxygen atoms in total. The van der Waals surface area contributed by atoms with Gasteiger partial charge < -0.3 is 10.2 Å². The second-order valence-corrected chi connectivity index (χ2v) is 6.99. The summed E-state index contributed by atoms with van der Waals surface area (Å²) in [5.74, 6) is 0.0225. The number of hydrogen-bond donors (Lipinski definition) is 2. The van der Waals surface area contributed by atoms with Crippen LogP contribution in [-0.2, 0) is 9.59 Å². The molecular formula is C11H14N6O2S. The number of rotatable bonds is 3. The van der Waals surface area contributed by atoms with E-state index < -0.39 is 6.04 Å². The van der Waals surface area contributed by atoms with Gasteiger partial charge in [0.15, 0.2) is 5.82 Å². The van der Waals surface area contributed by atoms with Crippen LogP contribution >= 0.6 is 11.8 Å². The predicted octanol–water partition coefficient (Wildman–Crippen LogP) is -0.395. The Kier molecular flexibility index (Phi) is 2.82. The minimum Gasteiger partial charge on any atom is -0.338 e. The Labute approximate surface area is 119 Å². The third-order valence-electron chi connectivity index (χ3n) is 3.53. The number of H-pyrrole nitrogens is 1. The summed E-state index contributed by atoms with van der Waals surface area (Å²) in [5, 5.41) is 16.5. The Morgan fingerprint density at radius 1 is 1.60 bits per heavy atom. The topological polar surface area (TPSA) is 104 Å². The van der Waals surface area contributed by atoms with Crippen LogP contribution in [0.25, 0.3) is 0 Å². The van der Waals surface area contributed by atoms with Crippen molar-refractivity contribution in [2.75, 3.05) is 0 Å². The Balaban J connectivity index is 1.86. The molecule has 2 fully saturated rings. The van der Waals surface area contributed by atoms with Gasteiger partial charge in [0.25, 0.3) is 0 Å². The standard InChI is InChI=1S/C11H14N6O2S/c1-4-5(18)12-6-9(19)17-7(8-13-15-16-14-8)11(2,3)20-10(6)17/h4,6-7,10H,1H2,2-3H3,(H,12,18)(H,13,14,15,16)/t6?,7?,10-/m0/s1. The van der Waals surface area contributed by atoms with Gasteiger partial charge >= 0.3 is 0 Å². The molecule has 0 radical (unpaired) electrons. The monoisotopic (exact) mass is 294 g/mol. The van der Waals surface area contributed by atoms with Crippen molar-refractivity contribution in [2.45, 2.75) is 36.1 Å². The largest absolute Gasteiger partial charge is 0.338 e. The van der Waals surface area contributed by atoms with E-state index in [0.717, 1.165) is 6.08 Å². The van der Waals surface area contributed by atoms with Gasteiger partial charge in [0.2, 0.25) is 11.8 Å². The molecule has 2 saturated heterocycles. The lowest BCUT2D eigenvalue weighted by Crippen LogP contribution is -2.67. The lowest BCUT2D eigenvalue weighted by molar-refractivity contribution is -0.151. The van der Waals surface area contributed by atoms with Gasteiger partial charge in [0.05, 0.1) is 0 Å². The zero-order chi connectivity index (χ0) is 14.5. The highest BCUT2D eigenvalue weighted by Gasteiger charge is 2.63. The molecule has 2 amide bonds. The molecule has 0 saturated carbocycles. The minimum atomic E-state index is -0.512. The lowest BCUT2D eigenvalue weighted by Gasteiger charge is -2.43. The van der Waals surface area contributed by atoms with E-state index in [4.69, 9.17) is 0 Å². The molecule has 2 unspecified atom stereocenters. The van der Waals surface area contributed by atoms with E-state index in [1.807, 2.05) is 13.8 Å². The number of hydrogen-bond acceptors (Lipinski definition) is 6. The Morgan fingerprint density at radius 3 is 2.95 bits per heavy atom. The van der Waals surface area contributed by atoms with Crippen LogP contribution in [0.15, 0.2) is 12.7 Å². The normalized spacial score (nSPS) is 30.6. The number of fused-ring (bicyclic) bond motifs is 1. The van der Waals surface area contributed by atoms with Gasteiger partial charge in [-0.1, -0.05) is 11.8 Å². The average molecular weight is 294 g/mol. The van der Waals surface area contributed by atoms with Crippen LogP contribution in [0, 0.1) is 0 Å². The lowest BCUT2D eigenvalue weighted by atomic mass is 9.95. The number of carbonyl (C=O) groups is 2. The van der Waals surface area contributed by atoms with E-state index in [1.54, 1.807) is 16.7 Å². The molecule has 20 heavy (non-hydrogen) atoms. The molecule has 2 aliphatic rings. The molecule has 3 atom stereocenters. The molecule has 0 aliphatic carbocycles. The first kappa shape index (κ1) is 13.1. The summed E-state index contributed by atoms with van der Waals surface area (Å²) in [6.45, 7) is 7.44. The van der Waals surface area contributed by atoms with Crippen LogP contribution in [0.1, 0.15) is 25.7 Å². The summed E-state index contributed by atoms with van der Waals surface area (Å²) in [6, 6.07) is -0.762. The third-order valence-corrected chi connectivity index (χ3v) is 5.10. The van der Waals surface area contributed by atoms with E-state index >= 15 is 0 Å². The van der Waals surface area contributed by atoms with E-state index in [9.17, 15) is 9.59 Å². The van der Waals surface area contributed by atoms with Crippen LogP contribution < -0.4 is 5.32 Å². The van der Waals surface area contributed by atoms with Crippen molar-refractivity contribution >= 4 is 23.6 Å². The summed E-state index contributed by atoms with van der Waals surface area (Å²) in [7, 11) is 0. The van der Waals surface area contributed by atoms with Crippen molar-refractivity contribution in [2.24, 2.45) is 0 Å². The van der Waals surface area contributed by atoms with Crippen LogP contribution in [0.3, 0.4) is 0 Å². The van der Waals surface area contributed by atoms with Crippen LogP contribution in [0.5, 0.6) is 0 Å². The van der Waals surface area contributed by atoms with E-state index in [1.165, 1.54) is 0 Å². The van der Waals surface area contributed by atoms with E-state index in [0.29, 0.717) is 5.82 Å². The molecule has 3 heterocycles. The fourth-order valence-electron chi connectivity index (χ4n) is 2.66. The van der Waals surface area contributed by atoms with Gasteiger partial charge in [-0.05, 0) is 19.9 Å². The second kappa shape index (κ2) is 4.30. The average Bonchev–Trinajstić information content (AvgIpc) is 2.99. The molecule has 2 N–H and O–H groups in total. The number of tetrazole rings is 1. The Hall–Kier alpha value is -1.90. The van der Waals surface area contributed by atoms with E-state index in [-0.39, 0.29) is 28.0 Å². The maximum Gasteiger partial charge on any atom is 0.249 e. The van der Waals surface area contributed by atoms with Gasteiger partial charge in [-0.3, -0.25) is 9.59 Å². The van der Waals surface area contributed by atoms with Crippen molar-refractivity contribution in [3.8, 4) is 0 Å². The van der Waals surface area contributed by atoms with Crippen molar-refractivity contribution in [3.05, 3.63) is 18.5 Å². The number of β-lactam (4-membered cyclic amide) rings is 1. The molecule has 0 bridgehead atoms. The third kappa shape index (κ3) is 1.73. The molecule has 0 aromatic carbocycles. The van der Waals surface area contributed by atoms with E-state index in [2.05, 4.69) is 32.5 Å². The Bertz CT molecular complexity index is 571. The number of aromatic nitrogens is 4. The molecule has 2 aliphatic heterocycles. The summed E-state index contributed by atoms with van der Waals surface area (Å²) in [5.41, 5.74) is 0. The van der Waals surface area contributed by atoms with Gasteiger partial charge in [0, 0.05) is 4.75 Å². The first-order chi connectivity index (χ1) is 9.45. The number of nitrogens with zero attached hydrogens (tertiary/aromatic N) is 4. The van der Waals surface area contributed by atoms with Crippen molar-refractivity contribution in [3.63, 3.8) is 0 Å². The molecule has 9 heteroatoms. The van der Waals surface area contributed by atoms with Gasteiger partial charge in [-0.15, -0.1) is 22.0 Å². The van der Waals surface area contributed by atoms with Gasteiger partial charge in [-0.2, -0.15) is 5.21 Å². The van der Waals surface area contributed by atoms with Crippen molar-refractivity contribution in [1.82, 2.24) is 30.8 Å². The molecule has 3 rings (SSSR count). The first-order valence-corrected chi connectivity index (χ1v) is 7.00. The molecule has 1 aromatic rings. The number of nitrogens with one attached hydrogen (secondary N) is 2. The van der Waals surface area contributed by atoms with Crippen LogP contribution in [0.2, 0.25) is 0 Å². The first-order valence-electron chi connectivity index (χ1n) is 6.12. The molecule has 0 spiro atoms. The van der Waals surface area contributed by atoms with Gasteiger partial charge in [0.1, 0.15) is 17.5 Å². The molecule has 106 valence electrons. The quantitative estimate of drug-likeness (QED) is 0.581. The van der Waals surface area contributed by atoms with Gasteiger partial charge in [-0.25, -0.2) is 0 Å². The summed E-state index contributed by atoms with van der Waals surface area (Å²) < 4.78 is -0.252. The molecule has 1 aromatic heterocycles. The van der Waals surface area contributed by atoms with Crippen LogP contribution in [-0.4, -0.2) is 53.5 Å². The summed E-state index contributed by atoms with van der Waals surface area (Å²) >= 11 is 1.62. The maximum atomic E-state index is 12.3. The number of aromatic amines is 1. The minimum absolute atomic E-state index is 0.107. The summed E-state index contributed by atoms with van der Waals surface area (Å²) in [6.07, 6.45) is 1.16. The number of carbonyl (C=O) groups excluding carboxylic acids is 2. The molecular weight excluding hydrogens is 280 g/mol. The smallest absolute Gasteiger partial charge is 0.249 e. The fraction of sp³-hybridized carbons (Fsp3) is 0.545. The second-order valence-electron chi connectivity index (χ2n) is 5.22. The zero-order valence-corrected chi connectivity index (χ0v) is 11.8. The summed E-state index contributed by atoms with van der Waals surface area (Å²) in [4.78, 5) is 25.3. The fourth-order valence-corrected chi connectivity index (χ4v) is 4.29. The van der Waals surface area contributed by atoms with Crippen molar-refractivity contribution in [1.29, 1.82) is 0 Å². The SMILES string of the molecule is C=CC(=O)NC1C(=O)N2C(c3nn[nH]n3)C(C)(C)S[C@@H]12. The zero-order valence-electron chi connectivity index (χ0n) is 11.0. The highest BCUT2D eigenvalue weighted by Crippen LogP contribution is 2.56. The number of thioether (sulfide) groups is 1.